The van der Waals surface area contributed by atoms with Crippen molar-refractivity contribution in [2.75, 3.05) is 6.54 Å². The largest absolute Gasteiger partial charge is 0.298 e. The average molecular weight is 266 g/mol. The molecule has 1 fully saturated rings. The Balaban J connectivity index is 2.53. The van der Waals surface area contributed by atoms with E-state index in [1.54, 1.807) is 24.3 Å². The van der Waals surface area contributed by atoms with Crippen LogP contribution in [0.15, 0.2) is 36.9 Å². The van der Waals surface area contributed by atoms with E-state index in [2.05, 4.69) is 11.9 Å². The van der Waals surface area contributed by atoms with Gasteiger partial charge in [0.2, 0.25) is 0 Å². The third kappa shape index (κ3) is 2.36. The van der Waals surface area contributed by atoms with Gasteiger partial charge in [-0.2, -0.15) is 0 Å². The van der Waals surface area contributed by atoms with Crippen LogP contribution in [-0.4, -0.2) is 12.3 Å². The Kier molecular flexibility index (Phi) is 3.40. The highest BCUT2D eigenvalue weighted by atomic mass is 35.5. The molecule has 1 atom stereocenters. The molecule has 0 aliphatic heterocycles. The van der Waals surface area contributed by atoms with Gasteiger partial charge < -0.3 is 0 Å². The van der Waals surface area contributed by atoms with Crippen molar-refractivity contribution in [2.24, 2.45) is 0 Å². The van der Waals surface area contributed by atoms with Crippen molar-refractivity contribution in [1.82, 2.24) is 5.32 Å². The van der Waals surface area contributed by atoms with Gasteiger partial charge in [-0.05, 0) is 24.5 Å². The summed E-state index contributed by atoms with van der Waals surface area (Å²) in [5.41, 5.74) is -0.411. The van der Waals surface area contributed by atoms with E-state index in [4.69, 9.17) is 14.3 Å². The topological polar surface area (TPSA) is 29.1 Å². The number of hydrogen-bond acceptors (Lipinski definition) is 2. The van der Waals surface area contributed by atoms with Gasteiger partial charge in [-0.3, -0.25) is 10.1 Å². The lowest BCUT2D eigenvalue weighted by Crippen LogP contribution is -2.51. The Morgan fingerprint density at radius 1 is 1.50 bits per heavy atom. The first kappa shape index (κ1) is 10.8. The van der Waals surface area contributed by atoms with Crippen molar-refractivity contribution in [3.63, 3.8) is 0 Å². The molecule has 96 valence electrons. The molecule has 1 aromatic rings. The maximum atomic E-state index is 12.7. The van der Waals surface area contributed by atoms with Gasteiger partial charge >= 0.3 is 0 Å². The van der Waals surface area contributed by atoms with Crippen molar-refractivity contribution in [2.45, 2.75) is 31.2 Å². The molecule has 0 radical (unpaired) electrons. The van der Waals surface area contributed by atoms with Gasteiger partial charge in [0.1, 0.15) is 5.54 Å². The fraction of sp³-hybridized carbons (Fsp3) is 0.400. The van der Waals surface area contributed by atoms with Crippen molar-refractivity contribution in [3.05, 3.63) is 47.5 Å². The van der Waals surface area contributed by atoms with E-state index >= 15 is 0 Å². The molecule has 0 spiro atoms. The van der Waals surface area contributed by atoms with E-state index < -0.39 is 17.7 Å². The first-order chi connectivity index (χ1) is 9.44. The van der Waals surface area contributed by atoms with Gasteiger partial charge in [0.05, 0.1) is 0 Å². The fourth-order valence-electron chi connectivity index (χ4n) is 2.39. The monoisotopic (exact) mass is 265 g/mol. The second-order valence-electron chi connectivity index (χ2n) is 4.41. The number of Topliss-reactive ketones (excluding diaryl/α,β-unsaturated/α-hetero) is 1. The summed E-state index contributed by atoms with van der Waals surface area (Å²) in [5, 5.41) is 3.64. The molecule has 0 aromatic heterocycles. The predicted octanol–water partition coefficient (Wildman–Crippen LogP) is 3.45. The fourth-order valence-corrected chi connectivity index (χ4v) is 2.69. The van der Waals surface area contributed by atoms with Crippen LogP contribution >= 0.6 is 11.6 Å². The second kappa shape index (κ2) is 5.68. The summed E-state index contributed by atoms with van der Waals surface area (Å²) in [6.45, 7) is 4.08. The maximum Gasteiger partial charge on any atom is 0.157 e. The van der Waals surface area contributed by atoms with Crippen molar-refractivity contribution in [3.8, 4) is 0 Å². The Bertz CT molecular complexity index is 532. The lowest BCUT2D eigenvalue weighted by molar-refractivity contribution is -0.127. The number of ketones is 1. The van der Waals surface area contributed by atoms with E-state index in [1.165, 1.54) is 0 Å². The highest BCUT2D eigenvalue weighted by Gasteiger charge is 2.41. The van der Waals surface area contributed by atoms with E-state index in [0.29, 0.717) is 30.0 Å². The zero-order valence-electron chi connectivity index (χ0n) is 12.2. The first-order valence-corrected chi connectivity index (χ1v) is 6.48. The van der Waals surface area contributed by atoms with Crippen LogP contribution in [0.3, 0.4) is 0 Å². The van der Waals surface area contributed by atoms with E-state index in [-0.39, 0.29) is 6.42 Å². The number of hydrogen-bond donors (Lipinski definition) is 1. The average Bonchev–Trinajstić information content (AvgIpc) is 2.41. The van der Waals surface area contributed by atoms with Crippen LogP contribution in [-0.2, 0) is 10.3 Å². The molecule has 1 N–H and O–H groups in total. The number of carbonyl (C=O) groups excluding carboxylic acids is 1. The summed E-state index contributed by atoms with van der Waals surface area (Å²) in [7, 11) is 0. The number of carbonyl (C=O) groups is 1. The van der Waals surface area contributed by atoms with Gasteiger partial charge in [0, 0.05) is 20.7 Å². The van der Waals surface area contributed by atoms with Gasteiger partial charge in [-0.1, -0.05) is 42.3 Å². The summed E-state index contributed by atoms with van der Waals surface area (Å²) >= 11 is 6.24. The molecule has 1 aliphatic carbocycles. The van der Waals surface area contributed by atoms with E-state index in [9.17, 15) is 4.79 Å². The molecule has 1 saturated carbocycles. The lowest BCUT2D eigenvalue weighted by Gasteiger charge is -2.37. The first-order valence-electron chi connectivity index (χ1n) is 7.10. The quantitative estimate of drug-likeness (QED) is 0.845. The molecule has 0 amide bonds. The van der Waals surface area contributed by atoms with E-state index in [1.807, 2.05) is 6.07 Å². The van der Waals surface area contributed by atoms with Crippen LogP contribution in [0, 0.1) is 0 Å². The Labute approximate surface area is 116 Å². The Morgan fingerprint density at radius 2 is 2.28 bits per heavy atom. The molecular weight excluding hydrogens is 246 g/mol. The third-order valence-corrected chi connectivity index (χ3v) is 3.61. The maximum absolute atomic E-state index is 12.7. The van der Waals surface area contributed by atoms with Crippen molar-refractivity contribution in [1.29, 1.82) is 0 Å². The van der Waals surface area contributed by atoms with E-state index in [0.717, 1.165) is 0 Å². The molecule has 0 heterocycles. The van der Waals surface area contributed by atoms with Crippen LogP contribution in [0.5, 0.6) is 0 Å². The Hall–Kier alpha value is -1.12. The molecule has 0 saturated heterocycles. The minimum atomic E-state index is -1.83. The Morgan fingerprint density at radius 3 is 3.00 bits per heavy atom. The minimum Gasteiger partial charge on any atom is -0.298 e. The lowest BCUT2D eigenvalue weighted by atomic mass is 9.75. The zero-order valence-corrected chi connectivity index (χ0v) is 11.0. The number of halogens is 1. The summed E-state index contributed by atoms with van der Waals surface area (Å²) in [6.07, 6.45) is 1.27. The highest BCUT2D eigenvalue weighted by Crippen LogP contribution is 2.37. The molecule has 1 unspecified atom stereocenters. The number of nitrogens with one attached hydrogen (secondary N) is 1. The summed E-state index contributed by atoms with van der Waals surface area (Å²) in [6, 6.07) is 7.13. The second-order valence-corrected chi connectivity index (χ2v) is 4.82. The normalized spacial score (nSPS) is 28.4. The smallest absolute Gasteiger partial charge is 0.157 e. The van der Waals surface area contributed by atoms with Gasteiger partial charge in [-0.15, -0.1) is 6.58 Å². The molecule has 1 aromatic carbocycles. The SMILES string of the molecule is [2H]C1([2H])CCCC(NCC=C)(c2ccccc2Cl)C1=O. The third-order valence-electron chi connectivity index (χ3n) is 3.28. The van der Waals surface area contributed by atoms with Crippen LogP contribution in [0.1, 0.15) is 33.9 Å². The predicted molar refractivity (Wildman–Crippen MR) is 74.8 cm³/mol. The number of rotatable bonds is 4. The van der Waals surface area contributed by atoms with Crippen LogP contribution in [0.2, 0.25) is 5.02 Å². The van der Waals surface area contributed by atoms with Crippen LogP contribution in [0.25, 0.3) is 0 Å². The van der Waals surface area contributed by atoms with Gasteiger partial charge in [0.25, 0.3) is 0 Å². The molecule has 3 heteroatoms. The highest BCUT2D eigenvalue weighted by molar-refractivity contribution is 6.31. The molecule has 18 heavy (non-hydrogen) atoms. The molecule has 0 bridgehead atoms. The van der Waals surface area contributed by atoms with Crippen LogP contribution < -0.4 is 5.32 Å². The van der Waals surface area contributed by atoms with Gasteiger partial charge in [-0.25, -0.2) is 0 Å². The summed E-state index contributed by atoms with van der Waals surface area (Å²) in [4.78, 5) is 12.7. The summed E-state index contributed by atoms with van der Waals surface area (Å²) < 4.78 is 15.9. The van der Waals surface area contributed by atoms with Crippen molar-refractivity contribution < 1.29 is 7.54 Å². The van der Waals surface area contributed by atoms with Crippen molar-refractivity contribution >= 4 is 17.4 Å². The summed E-state index contributed by atoms with van der Waals surface area (Å²) in [5.74, 6) is -0.439. The number of benzene rings is 1. The molecule has 2 rings (SSSR count). The van der Waals surface area contributed by atoms with Crippen LogP contribution in [0.4, 0.5) is 0 Å². The molecular formula is C15H18ClNO. The minimum absolute atomic E-state index is 0.258. The molecule has 1 aliphatic rings. The van der Waals surface area contributed by atoms with Gasteiger partial charge in [0.15, 0.2) is 5.78 Å². The standard InChI is InChI=1S/C15H18ClNO/c1-2-11-17-15(10-6-5-9-14(15)18)12-7-3-4-8-13(12)16/h2-4,7-8,17H,1,5-6,9-11H2/i9D2. The molecule has 2 nitrogen and oxygen atoms in total. The zero-order chi connectivity index (χ0) is 14.8.